The molecule has 3 rings (SSSR count). The van der Waals surface area contributed by atoms with Gasteiger partial charge in [-0.2, -0.15) is 0 Å². The Labute approximate surface area is 88.8 Å². The van der Waals surface area contributed by atoms with E-state index >= 15 is 0 Å². The van der Waals surface area contributed by atoms with Crippen LogP contribution in [0.1, 0.15) is 19.3 Å². The second kappa shape index (κ2) is 2.69. The fraction of sp³-hybridized carbons (Fsp3) is 0.800. The molecule has 1 saturated heterocycles. The van der Waals surface area contributed by atoms with Crippen molar-refractivity contribution in [2.24, 2.45) is 17.8 Å². The summed E-state index contributed by atoms with van der Waals surface area (Å²) in [6.07, 6.45) is 3.74. The van der Waals surface area contributed by atoms with Crippen LogP contribution < -0.4 is 5.32 Å². The predicted molar refractivity (Wildman–Crippen MR) is 56.6 cm³/mol. The van der Waals surface area contributed by atoms with Crippen molar-refractivity contribution in [3.05, 3.63) is 0 Å². The first-order chi connectivity index (χ1) is 6.68. The second-order valence-electron chi connectivity index (χ2n) is 4.73. The Bertz CT molecular complexity index is 317. The van der Waals surface area contributed by atoms with E-state index < -0.39 is 0 Å². The van der Waals surface area contributed by atoms with Gasteiger partial charge in [0.25, 0.3) is 0 Å². The van der Waals surface area contributed by atoms with Crippen LogP contribution in [-0.4, -0.2) is 29.0 Å². The van der Waals surface area contributed by atoms with Gasteiger partial charge in [0.2, 0.25) is 5.91 Å². The van der Waals surface area contributed by atoms with Gasteiger partial charge < -0.3 is 5.32 Å². The zero-order valence-corrected chi connectivity index (χ0v) is 9.01. The van der Waals surface area contributed by atoms with E-state index in [1.807, 2.05) is 0 Å². The van der Waals surface area contributed by atoms with Crippen LogP contribution in [0, 0.1) is 17.8 Å². The molecule has 0 aromatic rings. The molecule has 0 aromatic carbocycles. The van der Waals surface area contributed by atoms with Crippen molar-refractivity contribution in [3.63, 3.8) is 0 Å². The van der Waals surface area contributed by atoms with Crippen molar-refractivity contribution in [2.45, 2.75) is 25.3 Å². The first-order valence-corrected chi connectivity index (χ1v) is 5.67. The summed E-state index contributed by atoms with van der Waals surface area (Å²) in [5.74, 6) is 1.77. The quantitative estimate of drug-likeness (QED) is 0.599. The number of hydrogen-bond donors (Lipinski definition) is 1. The van der Waals surface area contributed by atoms with Crippen LogP contribution in [-0.2, 0) is 4.79 Å². The van der Waals surface area contributed by atoms with Crippen molar-refractivity contribution in [2.75, 3.05) is 7.05 Å². The van der Waals surface area contributed by atoms with E-state index in [1.165, 1.54) is 19.3 Å². The van der Waals surface area contributed by atoms with Gasteiger partial charge in [-0.25, -0.2) is 0 Å². The van der Waals surface area contributed by atoms with E-state index in [4.69, 9.17) is 12.2 Å². The lowest BCUT2D eigenvalue weighted by Gasteiger charge is -2.39. The molecular formula is C10H14N2OS. The highest BCUT2D eigenvalue weighted by Crippen LogP contribution is 2.50. The van der Waals surface area contributed by atoms with Crippen LogP contribution in [0.25, 0.3) is 0 Å². The molecule has 3 aliphatic rings. The van der Waals surface area contributed by atoms with E-state index in [9.17, 15) is 4.79 Å². The lowest BCUT2D eigenvalue weighted by molar-refractivity contribution is -0.134. The molecule has 2 aliphatic carbocycles. The first-order valence-electron chi connectivity index (χ1n) is 5.26. The molecule has 76 valence electrons. The summed E-state index contributed by atoms with van der Waals surface area (Å²) in [6, 6.07) is 0.352. The van der Waals surface area contributed by atoms with Gasteiger partial charge in [-0.05, 0) is 43.3 Å². The summed E-state index contributed by atoms with van der Waals surface area (Å²) in [7, 11) is 1.78. The lowest BCUT2D eigenvalue weighted by atomic mass is 9.82. The maximum Gasteiger partial charge on any atom is 0.233 e. The van der Waals surface area contributed by atoms with Crippen LogP contribution >= 0.6 is 12.2 Å². The van der Waals surface area contributed by atoms with Crippen LogP contribution in [0.2, 0.25) is 0 Å². The van der Waals surface area contributed by atoms with E-state index in [2.05, 4.69) is 5.32 Å². The largest absolute Gasteiger partial charge is 0.358 e. The molecule has 4 atom stereocenters. The Balaban J connectivity index is 1.94. The van der Waals surface area contributed by atoms with Crippen molar-refractivity contribution in [1.82, 2.24) is 10.2 Å². The third kappa shape index (κ3) is 0.922. The molecule has 1 amide bonds. The smallest absolute Gasteiger partial charge is 0.233 e. The first kappa shape index (κ1) is 8.65. The number of rotatable bonds is 0. The second-order valence-corrected chi connectivity index (χ2v) is 5.12. The molecule has 2 saturated carbocycles. The fourth-order valence-corrected chi connectivity index (χ4v) is 3.64. The van der Waals surface area contributed by atoms with Gasteiger partial charge in [0.05, 0.1) is 5.92 Å². The van der Waals surface area contributed by atoms with Crippen molar-refractivity contribution < 1.29 is 4.79 Å². The minimum absolute atomic E-state index is 0.213. The maximum atomic E-state index is 12.0. The molecule has 3 fully saturated rings. The number of hydrogen-bond acceptors (Lipinski definition) is 2. The highest BCUT2D eigenvalue weighted by atomic mass is 32.1. The molecule has 14 heavy (non-hydrogen) atoms. The standard InChI is InChI=1S/C10H14N2OS/c1-12-9(13)7-5-2-3-6(4-5)8(7)11-10(12)14/h5-8H,2-4H2,1H3,(H,11,14). The van der Waals surface area contributed by atoms with Crippen LogP contribution in [0.4, 0.5) is 0 Å². The summed E-state index contributed by atoms with van der Waals surface area (Å²) in [5, 5.41) is 3.94. The minimum atomic E-state index is 0.213. The number of amides is 1. The Hall–Kier alpha value is -0.640. The highest BCUT2D eigenvalue weighted by molar-refractivity contribution is 7.80. The highest BCUT2D eigenvalue weighted by Gasteiger charge is 2.54. The summed E-state index contributed by atoms with van der Waals surface area (Å²) >= 11 is 5.14. The molecule has 3 nitrogen and oxygen atoms in total. The van der Waals surface area contributed by atoms with Crippen LogP contribution in [0.5, 0.6) is 0 Å². The van der Waals surface area contributed by atoms with E-state index in [-0.39, 0.29) is 11.8 Å². The van der Waals surface area contributed by atoms with Gasteiger partial charge in [0.15, 0.2) is 5.11 Å². The summed E-state index contributed by atoms with van der Waals surface area (Å²) < 4.78 is 0. The molecule has 1 N–H and O–H groups in total. The monoisotopic (exact) mass is 210 g/mol. The molecule has 4 unspecified atom stereocenters. The molecule has 1 aliphatic heterocycles. The van der Waals surface area contributed by atoms with Crippen molar-refractivity contribution in [3.8, 4) is 0 Å². The average Bonchev–Trinajstić information content (AvgIpc) is 2.74. The Kier molecular flexibility index (Phi) is 1.66. The van der Waals surface area contributed by atoms with Crippen molar-refractivity contribution >= 4 is 23.2 Å². The third-order valence-electron chi connectivity index (χ3n) is 4.13. The number of thiocarbonyl (C=S) groups is 1. The average molecular weight is 210 g/mol. The molecule has 0 spiro atoms. The van der Waals surface area contributed by atoms with Crippen LogP contribution in [0.3, 0.4) is 0 Å². The van der Waals surface area contributed by atoms with E-state index in [0.717, 1.165) is 0 Å². The number of nitrogens with zero attached hydrogens (tertiary/aromatic N) is 1. The molecular weight excluding hydrogens is 196 g/mol. The van der Waals surface area contributed by atoms with Gasteiger partial charge in [-0.3, -0.25) is 9.69 Å². The van der Waals surface area contributed by atoms with E-state index in [1.54, 1.807) is 11.9 Å². The number of fused-ring (bicyclic) bond motifs is 5. The summed E-state index contributed by atoms with van der Waals surface area (Å²) in [5.41, 5.74) is 0. The van der Waals surface area contributed by atoms with Gasteiger partial charge in [0.1, 0.15) is 0 Å². The summed E-state index contributed by atoms with van der Waals surface area (Å²) in [4.78, 5) is 13.6. The molecule has 0 aromatic heterocycles. The summed E-state index contributed by atoms with van der Waals surface area (Å²) in [6.45, 7) is 0. The Morgan fingerprint density at radius 2 is 2.14 bits per heavy atom. The fourth-order valence-electron chi connectivity index (χ4n) is 3.42. The Morgan fingerprint density at radius 1 is 1.43 bits per heavy atom. The SMILES string of the molecule is CN1C(=O)C2C3CCC(C3)C2NC1=S. The number of nitrogens with one attached hydrogen (secondary N) is 1. The number of carbonyl (C=O) groups is 1. The zero-order valence-electron chi connectivity index (χ0n) is 8.19. The Morgan fingerprint density at radius 3 is 2.93 bits per heavy atom. The molecule has 2 bridgehead atoms. The predicted octanol–water partition coefficient (Wildman–Crippen LogP) is 0.748. The number of carbonyl (C=O) groups excluding carboxylic acids is 1. The zero-order chi connectivity index (χ0) is 9.87. The van der Waals surface area contributed by atoms with E-state index in [0.29, 0.717) is 23.0 Å². The van der Waals surface area contributed by atoms with Crippen LogP contribution in [0.15, 0.2) is 0 Å². The van der Waals surface area contributed by atoms with Crippen molar-refractivity contribution in [1.29, 1.82) is 0 Å². The third-order valence-corrected chi connectivity index (χ3v) is 4.52. The normalized spacial score (nSPS) is 45.4. The van der Waals surface area contributed by atoms with Gasteiger partial charge in [0, 0.05) is 13.1 Å². The van der Waals surface area contributed by atoms with Gasteiger partial charge in [-0.15, -0.1) is 0 Å². The van der Waals surface area contributed by atoms with Gasteiger partial charge in [-0.1, -0.05) is 0 Å². The minimum Gasteiger partial charge on any atom is -0.358 e. The topological polar surface area (TPSA) is 32.3 Å². The molecule has 1 heterocycles. The molecule has 0 radical (unpaired) electrons. The molecule has 4 heteroatoms. The van der Waals surface area contributed by atoms with Gasteiger partial charge >= 0.3 is 0 Å². The maximum absolute atomic E-state index is 12.0. The lowest BCUT2D eigenvalue weighted by Crippen LogP contribution is -2.60.